The Labute approximate surface area is 172 Å². The van der Waals surface area contributed by atoms with Crippen molar-refractivity contribution in [1.29, 1.82) is 5.26 Å². The number of carbonyl (C=O) groups is 1. The van der Waals surface area contributed by atoms with Crippen molar-refractivity contribution in [2.24, 2.45) is 11.1 Å². The van der Waals surface area contributed by atoms with E-state index in [1.165, 1.54) is 0 Å². The van der Waals surface area contributed by atoms with Crippen LogP contribution in [0.15, 0.2) is 41.0 Å². The third kappa shape index (κ3) is 3.69. The fraction of sp³-hybridized carbons (Fsp3) is 0.478. The Kier molecular flexibility index (Phi) is 5.61. The topological polar surface area (TPSA) is 88.6 Å². The second kappa shape index (κ2) is 7.82. The van der Waals surface area contributed by atoms with Crippen molar-refractivity contribution in [3.05, 3.63) is 46.6 Å². The van der Waals surface area contributed by atoms with Crippen molar-refractivity contribution in [1.82, 2.24) is 0 Å². The van der Waals surface area contributed by atoms with Crippen LogP contribution < -0.4 is 15.4 Å². The van der Waals surface area contributed by atoms with E-state index in [0.29, 0.717) is 29.9 Å². The summed E-state index contributed by atoms with van der Waals surface area (Å²) < 4.78 is 11.5. The first-order valence-corrected chi connectivity index (χ1v) is 10.0. The average molecular weight is 396 g/mol. The van der Waals surface area contributed by atoms with Crippen molar-refractivity contribution in [2.75, 3.05) is 25.1 Å². The minimum absolute atomic E-state index is 0.00336. The zero-order chi connectivity index (χ0) is 21.3. The van der Waals surface area contributed by atoms with Crippen molar-refractivity contribution < 1.29 is 14.3 Å². The molecular formula is C23H29N3O3. The molecule has 1 aliphatic heterocycles. The number of ketones is 1. The summed E-state index contributed by atoms with van der Waals surface area (Å²) in [4.78, 5) is 15.3. The van der Waals surface area contributed by atoms with E-state index in [2.05, 4.69) is 24.8 Å². The number of nitrogens with two attached hydrogens (primary N) is 1. The third-order valence-corrected chi connectivity index (χ3v) is 5.73. The third-order valence-electron chi connectivity index (χ3n) is 5.73. The van der Waals surface area contributed by atoms with Gasteiger partial charge in [0.25, 0.3) is 0 Å². The van der Waals surface area contributed by atoms with Crippen LogP contribution in [-0.2, 0) is 9.53 Å². The van der Waals surface area contributed by atoms with E-state index in [4.69, 9.17) is 15.2 Å². The van der Waals surface area contributed by atoms with Gasteiger partial charge in [-0.05, 0) is 25.3 Å². The molecular weight excluding hydrogens is 366 g/mol. The standard InChI is InChI=1S/C23H29N3O3/c1-6-26(7-2)14-8-9-15(18(10-14)28-5)20-16(13-24)22(25)29-19-12-23(3,4)11-17(27)21(19)20/h8-10,20H,6-7,11-12,25H2,1-5H3. The molecule has 2 N–H and O–H groups in total. The summed E-state index contributed by atoms with van der Waals surface area (Å²) in [5, 5.41) is 9.80. The molecule has 1 aliphatic carbocycles. The Hall–Kier alpha value is -2.94. The van der Waals surface area contributed by atoms with E-state index in [1.807, 2.05) is 32.0 Å². The van der Waals surface area contributed by atoms with Crippen LogP contribution in [-0.4, -0.2) is 26.0 Å². The van der Waals surface area contributed by atoms with Crippen LogP contribution in [0.1, 0.15) is 52.0 Å². The molecule has 0 saturated carbocycles. The summed E-state index contributed by atoms with van der Waals surface area (Å²) in [5.74, 6) is 0.690. The lowest BCUT2D eigenvalue weighted by atomic mass is 9.70. The van der Waals surface area contributed by atoms with Crippen LogP contribution in [0.25, 0.3) is 0 Å². The van der Waals surface area contributed by atoms with Crippen LogP contribution >= 0.6 is 0 Å². The van der Waals surface area contributed by atoms with Crippen molar-refractivity contribution in [2.45, 2.75) is 46.5 Å². The Morgan fingerprint density at radius 2 is 2.00 bits per heavy atom. The highest BCUT2D eigenvalue weighted by atomic mass is 16.5. The van der Waals surface area contributed by atoms with E-state index in [9.17, 15) is 10.1 Å². The molecule has 0 bridgehead atoms. The molecule has 0 radical (unpaired) electrons. The number of nitriles is 1. The lowest BCUT2D eigenvalue weighted by Gasteiger charge is -2.37. The second-order valence-corrected chi connectivity index (χ2v) is 8.30. The van der Waals surface area contributed by atoms with Crippen LogP contribution in [0, 0.1) is 16.7 Å². The number of hydrogen-bond acceptors (Lipinski definition) is 6. The van der Waals surface area contributed by atoms with Crippen LogP contribution in [0.3, 0.4) is 0 Å². The molecule has 6 nitrogen and oxygen atoms in total. The number of hydrogen-bond donors (Lipinski definition) is 1. The van der Waals surface area contributed by atoms with Crippen molar-refractivity contribution in [3.8, 4) is 11.8 Å². The first kappa shape index (κ1) is 20.8. The van der Waals surface area contributed by atoms with E-state index in [1.54, 1.807) is 7.11 Å². The normalized spacial score (nSPS) is 20.7. The fourth-order valence-corrected chi connectivity index (χ4v) is 4.32. The van der Waals surface area contributed by atoms with E-state index >= 15 is 0 Å². The predicted molar refractivity (Wildman–Crippen MR) is 112 cm³/mol. The quantitative estimate of drug-likeness (QED) is 0.811. The zero-order valence-corrected chi connectivity index (χ0v) is 17.8. The summed E-state index contributed by atoms with van der Waals surface area (Å²) in [6.45, 7) is 10.0. The van der Waals surface area contributed by atoms with Gasteiger partial charge in [-0.1, -0.05) is 19.9 Å². The largest absolute Gasteiger partial charge is 0.496 e. The molecule has 1 heterocycles. The van der Waals surface area contributed by atoms with Gasteiger partial charge in [0, 0.05) is 48.8 Å². The lowest BCUT2D eigenvalue weighted by Crippen LogP contribution is -2.33. The highest BCUT2D eigenvalue weighted by molar-refractivity contribution is 6.00. The zero-order valence-electron chi connectivity index (χ0n) is 17.8. The molecule has 0 spiro atoms. The van der Waals surface area contributed by atoms with Gasteiger partial charge in [-0.15, -0.1) is 0 Å². The maximum atomic E-state index is 13.1. The Morgan fingerprint density at radius 3 is 2.59 bits per heavy atom. The highest BCUT2D eigenvalue weighted by Crippen LogP contribution is 2.49. The Balaban J connectivity index is 2.18. The molecule has 1 aromatic rings. The summed E-state index contributed by atoms with van der Waals surface area (Å²) in [6, 6.07) is 8.06. The molecule has 0 saturated heterocycles. The highest BCUT2D eigenvalue weighted by Gasteiger charge is 2.43. The van der Waals surface area contributed by atoms with Crippen LogP contribution in [0.5, 0.6) is 5.75 Å². The first-order valence-electron chi connectivity index (χ1n) is 10.0. The van der Waals surface area contributed by atoms with E-state index < -0.39 is 5.92 Å². The number of methoxy groups -OCH3 is 1. The van der Waals surface area contributed by atoms with Gasteiger partial charge < -0.3 is 20.1 Å². The molecule has 1 unspecified atom stereocenters. The molecule has 2 aliphatic rings. The van der Waals surface area contributed by atoms with Crippen molar-refractivity contribution in [3.63, 3.8) is 0 Å². The smallest absolute Gasteiger partial charge is 0.205 e. The summed E-state index contributed by atoms with van der Waals surface area (Å²) >= 11 is 0. The molecule has 0 fully saturated rings. The number of Topliss-reactive ketones (excluding diaryl/α,β-unsaturated/α-hetero) is 1. The van der Waals surface area contributed by atoms with E-state index in [0.717, 1.165) is 24.3 Å². The van der Waals surface area contributed by atoms with Crippen LogP contribution in [0.2, 0.25) is 0 Å². The number of rotatable bonds is 5. The molecule has 1 atom stereocenters. The summed E-state index contributed by atoms with van der Waals surface area (Å²) in [5.41, 5.74) is 8.48. The van der Waals surface area contributed by atoms with Gasteiger partial charge in [0.2, 0.25) is 5.88 Å². The minimum Gasteiger partial charge on any atom is -0.496 e. The monoisotopic (exact) mass is 395 g/mol. The lowest BCUT2D eigenvalue weighted by molar-refractivity contribution is -0.119. The number of ether oxygens (including phenoxy) is 2. The molecule has 6 heteroatoms. The molecule has 29 heavy (non-hydrogen) atoms. The molecule has 3 rings (SSSR count). The predicted octanol–water partition coefficient (Wildman–Crippen LogP) is 3.99. The van der Waals surface area contributed by atoms with Crippen molar-refractivity contribution >= 4 is 11.5 Å². The van der Waals surface area contributed by atoms with Gasteiger partial charge in [0.05, 0.1) is 13.0 Å². The molecule has 0 aromatic heterocycles. The molecule has 1 aromatic carbocycles. The molecule has 0 amide bonds. The number of benzene rings is 1. The second-order valence-electron chi connectivity index (χ2n) is 8.30. The maximum Gasteiger partial charge on any atom is 0.205 e. The molecule has 154 valence electrons. The number of anilines is 1. The summed E-state index contributed by atoms with van der Waals surface area (Å²) in [6.07, 6.45) is 1.01. The Bertz CT molecular complexity index is 933. The minimum atomic E-state index is -0.576. The SMILES string of the molecule is CCN(CC)c1ccc(C2C(C#N)=C(N)OC3=C2C(=O)CC(C)(C)C3)c(OC)c1. The van der Waals surface area contributed by atoms with Gasteiger partial charge in [0.15, 0.2) is 5.78 Å². The van der Waals surface area contributed by atoms with Gasteiger partial charge in [0.1, 0.15) is 23.2 Å². The maximum absolute atomic E-state index is 13.1. The van der Waals surface area contributed by atoms with Gasteiger partial charge in [-0.25, -0.2) is 0 Å². The van der Waals surface area contributed by atoms with Gasteiger partial charge >= 0.3 is 0 Å². The van der Waals surface area contributed by atoms with Crippen LogP contribution in [0.4, 0.5) is 5.69 Å². The average Bonchev–Trinajstić information content (AvgIpc) is 2.66. The van der Waals surface area contributed by atoms with Gasteiger partial charge in [-0.2, -0.15) is 5.26 Å². The first-order chi connectivity index (χ1) is 13.8. The number of allylic oxidation sites excluding steroid dienone is 3. The fourth-order valence-electron chi connectivity index (χ4n) is 4.32. The Morgan fingerprint density at radius 1 is 1.31 bits per heavy atom. The number of carbonyl (C=O) groups excluding carboxylic acids is 1. The number of nitrogens with zero attached hydrogens (tertiary/aromatic N) is 2. The van der Waals surface area contributed by atoms with E-state index in [-0.39, 0.29) is 22.7 Å². The van der Waals surface area contributed by atoms with Gasteiger partial charge in [-0.3, -0.25) is 4.79 Å². The summed E-state index contributed by atoms with van der Waals surface area (Å²) in [7, 11) is 1.60.